The van der Waals surface area contributed by atoms with E-state index in [4.69, 9.17) is 0 Å². The van der Waals surface area contributed by atoms with Gasteiger partial charge in [-0.25, -0.2) is 0 Å². The fourth-order valence-corrected chi connectivity index (χ4v) is 3.95. The third-order valence-electron chi connectivity index (χ3n) is 5.48. The number of carboxylic acids is 1. The highest BCUT2D eigenvalue weighted by atomic mass is 19.4. The molecule has 0 radical (unpaired) electrons. The van der Waals surface area contributed by atoms with Crippen LogP contribution in [0.4, 0.5) is 13.2 Å². The van der Waals surface area contributed by atoms with Crippen molar-refractivity contribution in [2.45, 2.75) is 32.2 Å². The lowest BCUT2D eigenvalue weighted by molar-refractivity contribution is -0.138. The molecule has 170 valence electrons. The Balaban J connectivity index is 1.54. The van der Waals surface area contributed by atoms with Gasteiger partial charge in [0.15, 0.2) is 0 Å². The molecule has 0 unspecified atom stereocenters. The number of fused-ring (bicyclic) bond motifs is 1. The smallest absolute Gasteiger partial charge is 0.416 e. The third kappa shape index (κ3) is 5.62. The largest absolute Gasteiger partial charge is 0.481 e. The summed E-state index contributed by atoms with van der Waals surface area (Å²) in [6.45, 7) is 1.38. The Morgan fingerprint density at radius 1 is 0.879 bits per heavy atom. The first kappa shape index (κ1) is 22.6. The molecule has 3 aromatic carbocycles. The van der Waals surface area contributed by atoms with Gasteiger partial charge in [-0.3, -0.25) is 4.79 Å². The second kappa shape index (κ2) is 9.50. The minimum absolute atomic E-state index is 0.0641. The zero-order valence-electron chi connectivity index (χ0n) is 17.8. The number of nitrogens with one attached hydrogen (secondary N) is 1. The Morgan fingerprint density at radius 3 is 2.27 bits per heavy atom. The van der Waals surface area contributed by atoms with Gasteiger partial charge in [0.25, 0.3) is 0 Å². The van der Waals surface area contributed by atoms with Crippen LogP contribution in [-0.4, -0.2) is 15.6 Å². The maximum Gasteiger partial charge on any atom is 0.416 e. The number of nitrogens with zero attached hydrogens (tertiary/aromatic N) is 1. The normalized spacial score (nSPS) is 11.7. The van der Waals surface area contributed by atoms with Crippen molar-refractivity contribution in [2.75, 3.05) is 0 Å². The summed E-state index contributed by atoms with van der Waals surface area (Å²) >= 11 is 0. The van der Waals surface area contributed by atoms with Crippen LogP contribution in [0.25, 0.3) is 10.9 Å². The maximum absolute atomic E-state index is 12.9. The molecule has 2 N–H and O–H groups in total. The van der Waals surface area contributed by atoms with Crippen molar-refractivity contribution in [3.8, 4) is 0 Å². The Hall–Kier alpha value is -3.58. The van der Waals surface area contributed by atoms with Crippen LogP contribution in [0.15, 0.2) is 79.0 Å². The molecule has 0 saturated carbocycles. The molecule has 0 aliphatic heterocycles. The number of benzene rings is 3. The summed E-state index contributed by atoms with van der Waals surface area (Å²) in [7, 11) is 0. The van der Waals surface area contributed by atoms with Gasteiger partial charge in [-0.1, -0.05) is 60.7 Å². The van der Waals surface area contributed by atoms with Gasteiger partial charge in [0, 0.05) is 36.7 Å². The molecular formula is C26H23F3N2O2. The first-order valence-electron chi connectivity index (χ1n) is 10.5. The molecule has 4 aromatic rings. The van der Waals surface area contributed by atoms with Crippen LogP contribution in [-0.2, 0) is 37.0 Å². The molecule has 1 aromatic heterocycles. The number of halogens is 3. The molecule has 0 bridgehead atoms. The highest BCUT2D eigenvalue weighted by Crippen LogP contribution is 2.29. The van der Waals surface area contributed by atoms with Gasteiger partial charge >= 0.3 is 12.1 Å². The Bertz CT molecular complexity index is 1260. The summed E-state index contributed by atoms with van der Waals surface area (Å²) in [5.41, 5.74) is 3.63. The van der Waals surface area contributed by atoms with Gasteiger partial charge in [-0.2, -0.15) is 13.2 Å². The lowest BCUT2D eigenvalue weighted by Crippen LogP contribution is -2.14. The van der Waals surface area contributed by atoms with E-state index in [1.165, 1.54) is 6.07 Å². The average Bonchev–Trinajstić information content (AvgIpc) is 3.10. The Kier molecular flexibility index (Phi) is 6.51. The number of hydrogen-bond acceptors (Lipinski definition) is 2. The van der Waals surface area contributed by atoms with Crippen molar-refractivity contribution in [1.29, 1.82) is 0 Å². The van der Waals surface area contributed by atoms with Crippen LogP contribution >= 0.6 is 0 Å². The highest BCUT2D eigenvalue weighted by molar-refractivity contribution is 5.88. The van der Waals surface area contributed by atoms with Crippen LogP contribution in [0.2, 0.25) is 0 Å². The summed E-state index contributed by atoms with van der Waals surface area (Å²) < 4.78 is 40.8. The maximum atomic E-state index is 12.9. The predicted molar refractivity (Wildman–Crippen MR) is 121 cm³/mol. The summed E-state index contributed by atoms with van der Waals surface area (Å²) in [4.78, 5) is 11.3. The standard InChI is InChI=1S/C26H23F3N2O2/c27-26(28,29)22-8-4-7-19(11-22)14-30-15-20-9-10-23-21(13-25(32)33)17-31(24(23)12-20)16-18-5-2-1-3-6-18/h1-12,17,30H,13-16H2,(H,32,33). The molecule has 4 nitrogen and oxygen atoms in total. The first-order chi connectivity index (χ1) is 15.8. The van der Waals surface area contributed by atoms with E-state index in [2.05, 4.69) is 5.32 Å². The van der Waals surface area contributed by atoms with Crippen LogP contribution in [0, 0.1) is 0 Å². The molecule has 0 atom stereocenters. The second-order valence-corrected chi connectivity index (χ2v) is 7.99. The Labute approximate surface area is 189 Å². The molecule has 0 spiro atoms. The zero-order valence-corrected chi connectivity index (χ0v) is 17.8. The molecule has 0 saturated heterocycles. The van der Waals surface area contributed by atoms with E-state index in [0.717, 1.165) is 39.7 Å². The summed E-state index contributed by atoms with van der Waals surface area (Å²) in [5.74, 6) is -0.888. The van der Waals surface area contributed by atoms with Crippen LogP contribution in [0.5, 0.6) is 0 Å². The molecular weight excluding hydrogens is 429 g/mol. The van der Waals surface area contributed by atoms with E-state index in [1.807, 2.05) is 59.3 Å². The van der Waals surface area contributed by atoms with Crippen molar-refractivity contribution < 1.29 is 23.1 Å². The quantitative estimate of drug-likeness (QED) is 0.365. The van der Waals surface area contributed by atoms with E-state index in [1.54, 1.807) is 6.07 Å². The molecule has 1 heterocycles. The van der Waals surface area contributed by atoms with E-state index in [-0.39, 0.29) is 6.42 Å². The van der Waals surface area contributed by atoms with Crippen molar-refractivity contribution >= 4 is 16.9 Å². The first-order valence-corrected chi connectivity index (χ1v) is 10.5. The molecule has 0 fully saturated rings. The van der Waals surface area contributed by atoms with Crippen molar-refractivity contribution in [3.63, 3.8) is 0 Å². The molecule has 0 aliphatic carbocycles. The number of alkyl halides is 3. The lowest BCUT2D eigenvalue weighted by atomic mass is 10.1. The molecule has 7 heteroatoms. The number of carbonyl (C=O) groups is 1. The fourth-order valence-electron chi connectivity index (χ4n) is 3.95. The van der Waals surface area contributed by atoms with Crippen molar-refractivity contribution in [3.05, 3.63) is 107 Å². The van der Waals surface area contributed by atoms with E-state index in [9.17, 15) is 23.1 Å². The van der Waals surface area contributed by atoms with Gasteiger partial charge < -0.3 is 15.0 Å². The number of carboxylic acid groups (broad SMARTS) is 1. The number of rotatable bonds is 8. The monoisotopic (exact) mass is 452 g/mol. The van der Waals surface area contributed by atoms with Gasteiger partial charge in [0.1, 0.15) is 0 Å². The number of aliphatic carboxylic acids is 1. The summed E-state index contributed by atoms with van der Waals surface area (Å²) in [6, 6.07) is 21.0. The second-order valence-electron chi connectivity index (χ2n) is 7.99. The molecule has 33 heavy (non-hydrogen) atoms. The van der Waals surface area contributed by atoms with Crippen LogP contribution < -0.4 is 5.32 Å². The van der Waals surface area contributed by atoms with Gasteiger partial charge in [0.05, 0.1) is 12.0 Å². The predicted octanol–water partition coefficient (Wildman–Crippen LogP) is 5.63. The fraction of sp³-hybridized carbons (Fsp3) is 0.192. The minimum Gasteiger partial charge on any atom is -0.481 e. The van der Waals surface area contributed by atoms with Crippen molar-refractivity contribution in [2.24, 2.45) is 0 Å². The summed E-state index contributed by atoms with van der Waals surface area (Å²) in [6.07, 6.45) is -2.55. The molecule has 0 aliphatic rings. The average molecular weight is 452 g/mol. The molecule has 0 amide bonds. The van der Waals surface area contributed by atoms with E-state index >= 15 is 0 Å². The van der Waals surface area contributed by atoms with Crippen LogP contribution in [0.1, 0.15) is 27.8 Å². The van der Waals surface area contributed by atoms with Gasteiger partial charge in [-0.05, 0) is 34.4 Å². The zero-order chi connectivity index (χ0) is 23.4. The number of hydrogen-bond donors (Lipinski definition) is 2. The van der Waals surface area contributed by atoms with Crippen LogP contribution in [0.3, 0.4) is 0 Å². The SMILES string of the molecule is O=C(O)Cc1cn(Cc2ccccc2)c2cc(CNCc3cccc(C(F)(F)F)c3)ccc12. The molecule has 4 rings (SSSR count). The Morgan fingerprint density at radius 2 is 1.58 bits per heavy atom. The lowest BCUT2D eigenvalue weighted by Gasteiger charge is -2.10. The third-order valence-corrected chi connectivity index (χ3v) is 5.48. The van der Waals surface area contributed by atoms with Gasteiger partial charge in [-0.15, -0.1) is 0 Å². The topological polar surface area (TPSA) is 54.3 Å². The van der Waals surface area contributed by atoms with Crippen molar-refractivity contribution in [1.82, 2.24) is 9.88 Å². The minimum atomic E-state index is -4.36. The van der Waals surface area contributed by atoms with E-state index < -0.39 is 17.7 Å². The number of aromatic nitrogens is 1. The highest BCUT2D eigenvalue weighted by Gasteiger charge is 2.30. The van der Waals surface area contributed by atoms with E-state index in [0.29, 0.717) is 25.2 Å². The van der Waals surface area contributed by atoms with Gasteiger partial charge in [0.2, 0.25) is 0 Å². The summed E-state index contributed by atoms with van der Waals surface area (Å²) in [5, 5.41) is 13.4.